The Morgan fingerprint density at radius 3 is 2.59 bits per heavy atom. The van der Waals surface area contributed by atoms with Gasteiger partial charge in [0.25, 0.3) is 0 Å². The SMILES string of the molecule is COc1ccc(-c2nc(CS(=O)Cc3csc(-c4ccsc4)n3)co2)cc1. The molecule has 8 heteroatoms. The second-order valence-corrected chi connectivity index (χ2v) is 8.85. The first kappa shape index (κ1) is 18.1. The van der Waals surface area contributed by atoms with E-state index in [4.69, 9.17) is 9.15 Å². The number of methoxy groups -OCH3 is 1. The van der Waals surface area contributed by atoms with Gasteiger partial charge < -0.3 is 9.15 Å². The molecule has 4 aromatic rings. The minimum atomic E-state index is -1.10. The molecule has 0 aliphatic rings. The summed E-state index contributed by atoms with van der Waals surface area (Å²) in [7, 11) is 0.525. The third kappa shape index (κ3) is 4.35. The van der Waals surface area contributed by atoms with E-state index in [1.165, 1.54) is 0 Å². The number of aromatic nitrogens is 2. The minimum absolute atomic E-state index is 0.338. The van der Waals surface area contributed by atoms with E-state index in [-0.39, 0.29) is 0 Å². The van der Waals surface area contributed by atoms with Crippen LogP contribution in [0, 0.1) is 0 Å². The summed E-state index contributed by atoms with van der Waals surface area (Å²) in [5, 5.41) is 7.03. The van der Waals surface area contributed by atoms with Crippen molar-refractivity contribution in [2.75, 3.05) is 7.11 Å². The van der Waals surface area contributed by atoms with Crippen molar-refractivity contribution in [2.24, 2.45) is 0 Å². The maximum absolute atomic E-state index is 12.5. The van der Waals surface area contributed by atoms with Crippen LogP contribution in [0.4, 0.5) is 0 Å². The van der Waals surface area contributed by atoms with Crippen molar-refractivity contribution >= 4 is 33.5 Å². The predicted octanol–water partition coefficient (Wildman–Crippen LogP) is 4.98. The lowest BCUT2D eigenvalue weighted by Crippen LogP contribution is -2.00. The summed E-state index contributed by atoms with van der Waals surface area (Å²) in [6.07, 6.45) is 1.56. The molecule has 0 aliphatic heterocycles. The van der Waals surface area contributed by atoms with E-state index >= 15 is 0 Å². The summed E-state index contributed by atoms with van der Waals surface area (Å²) >= 11 is 3.22. The van der Waals surface area contributed by atoms with Gasteiger partial charge in [0, 0.05) is 32.7 Å². The lowest BCUT2D eigenvalue weighted by atomic mass is 10.2. The summed E-state index contributed by atoms with van der Waals surface area (Å²) in [5.74, 6) is 2.03. The van der Waals surface area contributed by atoms with Gasteiger partial charge in [0.1, 0.15) is 17.0 Å². The molecule has 0 radical (unpaired) electrons. The van der Waals surface area contributed by atoms with Gasteiger partial charge in [-0.05, 0) is 35.7 Å². The van der Waals surface area contributed by atoms with Crippen molar-refractivity contribution in [3.05, 3.63) is 64.1 Å². The standard InChI is InChI=1S/C19H16N2O3S3/c1-23-17-4-2-13(3-5-17)18-20-15(8-24-18)11-27(22)12-16-10-26-19(21-16)14-6-7-25-9-14/h2-10H,11-12H2,1H3. The van der Waals surface area contributed by atoms with Crippen LogP contribution in [0.1, 0.15) is 11.4 Å². The van der Waals surface area contributed by atoms with Crippen molar-refractivity contribution in [3.63, 3.8) is 0 Å². The number of nitrogens with zero attached hydrogens (tertiary/aromatic N) is 2. The monoisotopic (exact) mass is 416 g/mol. The number of ether oxygens (including phenoxy) is 1. The maximum Gasteiger partial charge on any atom is 0.226 e. The van der Waals surface area contributed by atoms with Gasteiger partial charge in [0.15, 0.2) is 0 Å². The number of rotatable bonds is 7. The largest absolute Gasteiger partial charge is 0.497 e. The van der Waals surface area contributed by atoms with Crippen molar-refractivity contribution < 1.29 is 13.4 Å². The van der Waals surface area contributed by atoms with Gasteiger partial charge in [-0.25, -0.2) is 9.97 Å². The summed E-state index contributed by atoms with van der Waals surface area (Å²) in [6, 6.07) is 9.51. The Hall–Kier alpha value is -2.29. The topological polar surface area (TPSA) is 65.2 Å². The van der Waals surface area contributed by atoms with Crippen LogP contribution >= 0.6 is 22.7 Å². The Labute approximate surface area is 167 Å². The average Bonchev–Trinajstić information content (AvgIpc) is 3.43. The second-order valence-electron chi connectivity index (χ2n) is 5.76. The summed E-state index contributed by atoms with van der Waals surface area (Å²) in [5.41, 5.74) is 3.49. The van der Waals surface area contributed by atoms with Crippen LogP contribution in [0.25, 0.3) is 22.0 Å². The quantitative estimate of drug-likeness (QED) is 0.425. The van der Waals surface area contributed by atoms with E-state index in [2.05, 4.69) is 15.3 Å². The second kappa shape index (κ2) is 8.16. The molecule has 1 unspecified atom stereocenters. The molecule has 0 bridgehead atoms. The van der Waals surface area contributed by atoms with Gasteiger partial charge in [-0.2, -0.15) is 11.3 Å². The van der Waals surface area contributed by atoms with Crippen LogP contribution in [-0.4, -0.2) is 21.3 Å². The zero-order chi connectivity index (χ0) is 18.6. The highest BCUT2D eigenvalue weighted by Crippen LogP contribution is 2.26. The zero-order valence-corrected chi connectivity index (χ0v) is 16.9. The normalized spacial score (nSPS) is 12.2. The Morgan fingerprint density at radius 1 is 1.04 bits per heavy atom. The average molecular weight is 417 g/mol. The summed E-state index contributed by atoms with van der Waals surface area (Å²) < 4.78 is 23.2. The first-order valence-corrected chi connectivity index (χ1v) is 11.4. The fourth-order valence-corrected chi connectivity index (χ4v) is 5.19. The molecule has 4 rings (SSSR count). The van der Waals surface area contributed by atoms with Gasteiger partial charge in [0.2, 0.25) is 5.89 Å². The van der Waals surface area contributed by atoms with Gasteiger partial charge in [-0.1, -0.05) is 0 Å². The van der Waals surface area contributed by atoms with E-state index in [1.54, 1.807) is 36.0 Å². The van der Waals surface area contributed by atoms with E-state index < -0.39 is 10.8 Å². The number of oxazole rings is 1. The molecule has 0 N–H and O–H groups in total. The van der Waals surface area contributed by atoms with E-state index in [0.717, 1.165) is 27.6 Å². The van der Waals surface area contributed by atoms with Gasteiger partial charge >= 0.3 is 0 Å². The van der Waals surface area contributed by atoms with Crippen LogP contribution in [0.15, 0.2) is 57.2 Å². The fraction of sp³-hybridized carbons (Fsp3) is 0.158. The smallest absolute Gasteiger partial charge is 0.226 e. The highest BCUT2D eigenvalue weighted by atomic mass is 32.2. The molecule has 0 saturated carbocycles. The highest BCUT2D eigenvalue weighted by molar-refractivity contribution is 7.83. The van der Waals surface area contributed by atoms with E-state index in [0.29, 0.717) is 23.1 Å². The molecule has 3 heterocycles. The number of hydrogen-bond donors (Lipinski definition) is 0. The number of benzene rings is 1. The third-order valence-corrected chi connectivity index (χ3v) is 6.69. The summed E-state index contributed by atoms with van der Waals surface area (Å²) in [4.78, 5) is 9.03. The molecule has 0 saturated heterocycles. The third-order valence-electron chi connectivity index (χ3n) is 3.83. The van der Waals surface area contributed by atoms with Crippen molar-refractivity contribution in [1.29, 1.82) is 0 Å². The molecular weight excluding hydrogens is 400 g/mol. The summed E-state index contributed by atoms with van der Waals surface area (Å²) in [6.45, 7) is 0. The maximum atomic E-state index is 12.5. The van der Waals surface area contributed by atoms with E-state index in [1.807, 2.05) is 41.1 Å². The number of thiazole rings is 1. The Balaban J connectivity index is 1.39. The van der Waals surface area contributed by atoms with Crippen LogP contribution < -0.4 is 4.74 Å². The Morgan fingerprint density at radius 2 is 1.85 bits per heavy atom. The molecule has 1 aromatic carbocycles. The fourth-order valence-electron chi connectivity index (χ4n) is 2.51. The van der Waals surface area contributed by atoms with Gasteiger partial charge in [-0.3, -0.25) is 4.21 Å². The van der Waals surface area contributed by atoms with Crippen LogP contribution in [-0.2, 0) is 22.3 Å². The molecule has 0 fully saturated rings. The van der Waals surface area contributed by atoms with Crippen LogP contribution in [0.5, 0.6) is 5.75 Å². The molecule has 5 nitrogen and oxygen atoms in total. The van der Waals surface area contributed by atoms with E-state index in [9.17, 15) is 4.21 Å². The molecule has 0 aliphatic carbocycles. The van der Waals surface area contributed by atoms with Crippen LogP contribution in [0.3, 0.4) is 0 Å². The predicted molar refractivity (Wildman–Crippen MR) is 109 cm³/mol. The van der Waals surface area contributed by atoms with Gasteiger partial charge in [0.05, 0.1) is 30.0 Å². The molecule has 0 spiro atoms. The number of hydrogen-bond acceptors (Lipinski definition) is 7. The first-order chi connectivity index (χ1) is 13.2. The molecule has 138 valence electrons. The number of thiophene rings is 1. The highest BCUT2D eigenvalue weighted by Gasteiger charge is 2.12. The molecule has 1 atom stereocenters. The molecule has 27 heavy (non-hydrogen) atoms. The Kier molecular flexibility index (Phi) is 5.47. The first-order valence-electron chi connectivity index (χ1n) is 8.12. The van der Waals surface area contributed by atoms with Crippen molar-refractivity contribution in [1.82, 2.24) is 9.97 Å². The lowest BCUT2D eigenvalue weighted by molar-refractivity contribution is 0.415. The molecule has 0 amide bonds. The van der Waals surface area contributed by atoms with Crippen molar-refractivity contribution in [2.45, 2.75) is 11.5 Å². The van der Waals surface area contributed by atoms with Gasteiger partial charge in [-0.15, -0.1) is 11.3 Å². The van der Waals surface area contributed by atoms with Crippen molar-refractivity contribution in [3.8, 4) is 27.8 Å². The minimum Gasteiger partial charge on any atom is -0.497 e. The van der Waals surface area contributed by atoms with Crippen LogP contribution in [0.2, 0.25) is 0 Å². The zero-order valence-electron chi connectivity index (χ0n) is 14.5. The Bertz CT molecular complexity index is 1040. The molecular formula is C19H16N2O3S3. The lowest BCUT2D eigenvalue weighted by Gasteiger charge is -1.99. The molecule has 3 aromatic heterocycles.